The van der Waals surface area contributed by atoms with Crippen LogP contribution in [-0.2, 0) is 11.2 Å². The number of carbonyl (C=O) groups is 1. The average molecular weight is 327 g/mol. The van der Waals surface area contributed by atoms with Gasteiger partial charge in [0.15, 0.2) is 0 Å². The summed E-state index contributed by atoms with van der Waals surface area (Å²) in [7, 11) is 0. The van der Waals surface area contributed by atoms with Gasteiger partial charge in [-0.15, -0.1) is 0 Å². The van der Waals surface area contributed by atoms with Crippen molar-refractivity contribution in [1.82, 2.24) is 14.9 Å². The lowest BCUT2D eigenvalue weighted by Gasteiger charge is -2.35. The van der Waals surface area contributed by atoms with Gasteiger partial charge in [-0.1, -0.05) is 0 Å². The molecule has 0 spiro atoms. The van der Waals surface area contributed by atoms with Crippen LogP contribution < -0.4 is 0 Å². The van der Waals surface area contributed by atoms with Crippen LogP contribution in [0.25, 0.3) is 11.0 Å². The lowest BCUT2D eigenvalue weighted by molar-refractivity contribution is -0.130. The predicted octanol–water partition coefficient (Wildman–Crippen LogP) is 3.34. The fourth-order valence-electron chi connectivity index (χ4n) is 3.54. The van der Waals surface area contributed by atoms with E-state index in [4.69, 9.17) is 0 Å². The summed E-state index contributed by atoms with van der Waals surface area (Å²) in [6.45, 7) is 1.96. The maximum absolute atomic E-state index is 13.7. The Bertz CT molecular complexity index is 930. The number of rotatable bonds is 1. The van der Waals surface area contributed by atoms with Crippen molar-refractivity contribution in [2.45, 2.75) is 19.4 Å². The van der Waals surface area contributed by atoms with Crippen LogP contribution in [0.5, 0.6) is 0 Å². The first kappa shape index (κ1) is 14.8. The first-order valence-electron chi connectivity index (χ1n) is 7.73. The van der Waals surface area contributed by atoms with E-state index in [9.17, 15) is 13.6 Å². The minimum Gasteiger partial charge on any atom is -0.341 e. The number of aromatic nitrogens is 2. The lowest BCUT2D eigenvalue weighted by atomic mass is 9.92. The second-order valence-electron chi connectivity index (χ2n) is 5.98. The fraction of sp³-hybridized carbons (Fsp3) is 0.222. The normalized spacial score (nSPS) is 17.1. The van der Waals surface area contributed by atoms with Crippen LogP contribution in [-0.4, -0.2) is 27.3 Å². The molecule has 0 saturated carbocycles. The van der Waals surface area contributed by atoms with Crippen LogP contribution >= 0.6 is 0 Å². The number of halogens is 2. The molecule has 122 valence electrons. The Morgan fingerprint density at radius 3 is 2.75 bits per heavy atom. The molecule has 0 radical (unpaired) electrons. The van der Waals surface area contributed by atoms with Gasteiger partial charge in [-0.05, 0) is 41.8 Å². The molecule has 1 atom stereocenters. The average Bonchev–Trinajstić information content (AvgIpc) is 2.91. The SMILES string of the molecule is CC(=O)N1CCc2c([nH]c3ncccc23)C1c1cc(F)cc(F)c1. The Balaban J connectivity index is 1.96. The maximum atomic E-state index is 13.7. The molecule has 24 heavy (non-hydrogen) atoms. The number of aromatic amines is 1. The molecule has 1 aliphatic rings. The fourth-order valence-corrected chi connectivity index (χ4v) is 3.54. The van der Waals surface area contributed by atoms with E-state index in [1.807, 2.05) is 12.1 Å². The van der Waals surface area contributed by atoms with Gasteiger partial charge in [-0.25, -0.2) is 13.8 Å². The van der Waals surface area contributed by atoms with Crippen LogP contribution in [0.4, 0.5) is 8.78 Å². The van der Waals surface area contributed by atoms with E-state index >= 15 is 0 Å². The summed E-state index contributed by atoms with van der Waals surface area (Å²) in [4.78, 5) is 21.3. The van der Waals surface area contributed by atoms with Crippen molar-refractivity contribution in [2.24, 2.45) is 0 Å². The van der Waals surface area contributed by atoms with Crippen molar-refractivity contribution in [3.05, 3.63) is 65.0 Å². The number of carbonyl (C=O) groups excluding carboxylic acids is 1. The molecule has 1 aromatic carbocycles. The third kappa shape index (κ3) is 2.26. The maximum Gasteiger partial charge on any atom is 0.220 e. The van der Waals surface area contributed by atoms with E-state index in [0.29, 0.717) is 18.5 Å². The van der Waals surface area contributed by atoms with Gasteiger partial charge in [0.1, 0.15) is 17.3 Å². The number of fused-ring (bicyclic) bond motifs is 3. The summed E-state index contributed by atoms with van der Waals surface area (Å²) in [5, 5.41) is 0.984. The van der Waals surface area contributed by atoms with Gasteiger partial charge in [0, 0.05) is 36.8 Å². The Hall–Kier alpha value is -2.76. The first-order valence-corrected chi connectivity index (χ1v) is 7.73. The molecule has 1 amide bonds. The highest BCUT2D eigenvalue weighted by Gasteiger charge is 2.33. The minimum absolute atomic E-state index is 0.137. The zero-order valence-corrected chi connectivity index (χ0v) is 13.0. The van der Waals surface area contributed by atoms with Gasteiger partial charge in [-0.2, -0.15) is 0 Å². The van der Waals surface area contributed by atoms with Crippen LogP contribution in [0, 0.1) is 11.6 Å². The van der Waals surface area contributed by atoms with Crippen molar-refractivity contribution in [2.75, 3.05) is 6.54 Å². The number of benzene rings is 1. The van der Waals surface area contributed by atoms with Crippen molar-refractivity contribution in [3.8, 4) is 0 Å². The smallest absolute Gasteiger partial charge is 0.220 e. The van der Waals surface area contributed by atoms with Crippen molar-refractivity contribution in [1.29, 1.82) is 0 Å². The van der Waals surface area contributed by atoms with Gasteiger partial charge in [0.25, 0.3) is 0 Å². The zero-order chi connectivity index (χ0) is 16.8. The summed E-state index contributed by atoms with van der Waals surface area (Å²) >= 11 is 0. The lowest BCUT2D eigenvalue weighted by Crippen LogP contribution is -2.39. The van der Waals surface area contributed by atoms with Gasteiger partial charge in [0.05, 0.1) is 6.04 Å². The molecule has 1 N–H and O–H groups in total. The number of hydrogen-bond donors (Lipinski definition) is 1. The molecule has 0 aliphatic carbocycles. The van der Waals surface area contributed by atoms with E-state index < -0.39 is 17.7 Å². The number of nitrogens with zero attached hydrogens (tertiary/aromatic N) is 2. The molecular formula is C18H15F2N3O. The highest BCUT2D eigenvalue weighted by Crippen LogP contribution is 2.38. The van der Waals surface area contributed by atoms with Gasteiger partial charge in [-0.3, -0.25) is 4.79 Å². The first-order chi connectivity index (χ1) is 11.5. The summed E-state index contributed by atoms with van der Waals surface area (Å²) in [6.07, 6.45) is 2.36. The summed E-state index contributed by atoms with van der Waals surface area (Å²) in [5.74, 6) is -1.45. The molecule has 1 unspecified atom stereocenters. The van der Waals surface area contributed by atoms with E-state index in [1.54, 1.807) is 11.1 Å². The van der Waals surface area contributed by atoms with Crippen molar-refractivity contribution < 1.29 is 13.6 Å². The molecular weight excluding hydrogens is 312 g/mol. The molecule has 2 aromatic heterocycles. The topological polar surface area (TPSA) is 49.0 Å². The molecule has 3 heterocycles. The van der Waals surface area contributed by atoms with Crippen LogP contribution in [0.3, 0.4) is 0 Å². The summed E-state index contributed by atoms with van der Waals surface area (Å²) in [5.41, 5.74) is 2.95. The second-order valence-corrected chi connectivity index (χ2v) is 5.98. The van der Waals surface area contributed by atoms with Gasteiger partial charge < -0.3 is 9.88 Å². The Kier molecular flexibility index (Phi) is 3.33. The second kappa shape index (κ2) is 5.40. The molecule has 0 saturated heterocycles. The van der Waals surface area contributed by atoms with E-state index in [-0.39, 0.29) is 5.91 Å². The highest BCUT2D eigenvalue weighted by molar-refractivity contribution is 5.83. The van der Waals surface area contributed by atoms with Crippen LogP contribution in [0.1, 0.15) is 29.8 Å². The van der Waals surface area contributed by atoms with Gasteiger partial charge in [0.2, 0.25) is 5.91 Å². The molecule has 1 aliphatic heterocycles. The van der Waals surface area contributed by atoms with Gasteiger partial charge >= 0.3 is 0 Å². The Morgan fingerprint density at radius 2 is 2.04 bits per heavy atom. The molecule has 0 fully saturated rings. The van der Waals surface area contributed by atoms with E-state index in [0.717, 1.165) is 28.4 Å². The highest BCUT2D eigenvalue weighted by atomic mass is 19.1. The van der Waals surface area contributed by atoms with E-state index in [2.05, 4.69) is 9.97 Å². The molecule has 3 aromatic rings. The van der Waals surface area contributed by atoms with Crippen LogP contribution in [0.15, 0.2) is 36.5 Å². The molecule has 4 nitrogen and oxygen atoms in total. The third-order valence-electron chi connectivity index (χ3n) is 4.50. The Labute approximate surface area is 137 Å². The summed E-state index contributed by atoms with van der Waals surface area (Å²) in [6, 6.07) is 6.65. The third-order valence-corrected chi connectivity index (χ3v) is 4.50. The summed E-state index contributed by atoms with van der Waals surface area (Å²) < 4.78 is 27.5. The zero-order valence-electron chi connectivity index (χ0n) is 13.0. The minimum atomic E-state index is -0.658. The quantitative estimate of drug-likeness (QED) is 0.745. The number of H-pyrrole nitrogens is 1. The number of hydrogen-bond acceptors (Lipinski definition) is 2. The van der Waals surface area contributed by atoms with E-state index in [1.165, 1.54) is 19.1 Å². The number of pyridine rings is 1. The monoisotopic (exact) mass is 327 g/mol. The Morgan fingerprint density at radius 1 is 1.29 bits per heavy atom. The molecule has 4 rings (SSSR count). The van der Waals surface area contributed by atoms with Crippen molar-refractivity contribution >= 4 is 16.9 Å². The van der Waals surface area contributed by atoms with Crippen molar-refractivity contribution in [3.63, 3.8) is 0 Å². The molecule has 0 bridgehead atoms. The molecule has 6 heteroatoms. The number of nitrogens with one attached hydrogen (secondary N) is 1. The van der Waals surface area contributed by atoms with Crippen LogP contribution in [0.2, 0.25) is 0 Å². The predicted molar refractivity (Wildman–Crippen MR) is 85.4 cm³/mol. The number of amides is 1. The standard InChI is InChI=1S/C18H15F2N3O/c1-10(24)23-6-4-14-15-3-2-5-21-18(15)22-16(14)17(23)11-7-12(19)9-13(20)8-11/h2-3,5,7-9,17H,4,6H2,1H3,(H,21,22). The largest absolute Gasteiger partial charge is 0.341 e.